The van der Waals surface area contributed by atoms with Crippen LogP contribution in [0.3, 0.4) is 0 Å². The summed E-state index contributed by atoms with van der Waals surface area (Å²) in [5, 5.41) is 2.07. The van der Waals surface area contributed by atoms with Gasteiger partial charge in [0.1, 0.15) is 5.82 Å². The van der Waals surface area contributed by atoms with E-state index in [0.717, 1.165) is 16.8 Å². The van der Waals surface area contributed by atoms with Gasteiger partial charge in [0, 0.05) is 5.02 Å². The molecule has 164 valence electrons. The van der Waals surface area contributed by atoms with Crippen LogP contribution in [-0.4, -0.2) is 19.5 Å². The fraction of sp³-hybridized carbons (Fsp3) is 0.120. The minimum absolute atomic E-state index is 0.136. The quantitative estimate of drug-likeness (QED) is 0.286. The number of aryl methyl sites for hydroxylation is 2. The molecule has 2 aromatic heterocycles. The normalized spacial score (nSPS) is 11.4. The van der Waals surface area contributed by atoms with Gasteiger partial charge in [-0.25, -0.2) is 9.97 Å². The molecule has 0 aliphatic heterocycles. The Labute approximate surface area is 198 Å². The van der Waals surface area contributed by atoms with E-state index in [4.69, 9.17) is 16.6 Å². The number of benzene rings is 3. The Hall–Kier alpha value is -3.42. The lowest BCUT2D eigenvalue weighted by molar-refractivity contribution is 0.812. The van der Waals surface area contributed by atoms with Crippen molar-refractivity contribution in [1.29, 1.82) is 0 Å². The van der Waals surface area contributed by atoms with Gasteiger partial charge in [0.15, 0.2) is 5.16 Å². The largest absolute Gasteiger partial charge is 0.309 e. The van der Waals surface area contributed by atoms with Gasteiger partial charge in [-0.1, -0.05) is 47.6 Å². The average Bonchev–Trinajstić information content (AvgIpc) is 2.79. The molecule has 8 heteroatoms. The molecule has 0 bridgehead atoms. The van der Waals surface area contributed by atoms with Crippen molar-refractivity contribution in [2.75, 3.05) is 0 Å². The van der Waals surface area contributed by atoms with E-state index >= 15 is 0 Å². The number of nitrogens with one attached hydrogen (secondary N) is 1. The van der Waals surface area contributed by atoms with Gasteiger partial charge < -0.3 is 4.98 Å². The zero-order valence-corrected chi connectivity index (χ0v) is 19.5. The molecule has 0 unspecified atom stereocenters. The maximum Gasteiger partial charge on any atom is 0.266 e. The molecule has 5 rings (SSSR count). The summed E-state index contributed by atoms with van der Waals surface area (Å²) >= 11 is 7.43. The number of thioether (sulfide) groups is 1. The highest BCUT2D eigenvalue weighted by molar-refractivity contribution is 7.98. The van der Waals surface area contributed by atoms with Crippen molar-refractivity contribution in [1.82, 2.24) is 19.5 Å². The van der Waals surface area contributed by atoms with Gasteiger partial charge in [0.2, 0.25) is 0 Å². The van der Waals surface area contributed by atoms with Gasteiger partial charge in [-0.2, -0.15) is 0 Å². The maximum atomic E-state index is 13.5. The lowest BCUT2D eigenvalue weighted by atomic mass is 10.1. The minimum Gasteiger partial charge on any atom is -0.309 e. The van der Waals surface area contributed by atoms with Gasteiger partial charge in [-0.3, -0.25) is 14.2 Å². The van der Waals surface area contributed by atoms with E-state index in [2.05, 4.69) is 9.97 Å². The molecule has 33 heavy (non-hydrogen) atoms. The Bertz CT molecular complexity index is 1660. The molecule has 0 fully saturated rings. The number of H-pyrrole nitrogens is 1. The third kappa shape index (κ3) is 4.05. The van der Waals surface area contributed by atoms with Crippen molar-refractivity contribution >= 4 is 45.2 Å². The molecular formula is C25H19ClN4O2S. The Morgan fingerprint density at radius 1 is 0.939 bits per heavy atom. The van der Waals surface area contributed by atoms with Gasteiger partial charge >= 0.3 is 0 Å². The van der Waals surface area contributed by atoms with Crippen molar-refractivity contribution < 1.29 is 0 Å². The van der Waals surface area contributed by atoms with E-state index < -0.39 is 0 Å². The molecule has 0 amide bonds. The highest BCUT2D eigenvalue weighted by Gasteiger charge is 2.16. The summed E-state index contributed by atoms with van der Waals surface area (Å²) in [6.45, 7) is 3.96. The number of nitrogens with zero attached hydrogens (tertiary/aromatic N) is 3. The third-order valence-corrected chi connectivity index (χ3v) is 6.59. The highest BCUT2D eigenvalue weighted by Crippen LogP contribution is 2.26. The van der Waals surface area contributed by atoms with Gasteiger partial charge in [-0.15, -0.1) is 0 Å². The summed E-state index contributed by atoms with van der Waals surface area (Å²) in [5.74, 6) is 0.808. The van der Waals surface area contributed by atoms with Crippen LogP contribution in [0, 0.1) is 13.8 Å². The molecule has 0 radical (unpaired) electrons. The summed E-state index contributed by atoms with van der Waals surface area (Å²) in [6.07, 6.45) is 0. The second kappa shape index (κ2) is 8.50. The van der Waals surface area contributed by atoms with Crippen molar-refractivity contribution in [2.24, 2.45) is 0 Å². The Balaban J connectivity index is 1.64. The number of hydrogen-bond donors (Lipinski definition) is 1. The second-order valence-electron chi connectivity index (χ2n) is 7.80. The first-order valence-corrected chi connectivity index (χ1v) is 11.7. The standard InChI is InChI=1S/C25H19ClN4O2S/c1-14-7-8-15(2)21(11-14)30-24(32)18-5-3-4-6-19(18)28-25(30)33-13-22-27-20-12-16(26)9-10-17(20)23(31)29-22/h3-12H,13H2,1-2H3,(H,27,29,31). The van der Waals surface area contributed by atoms with E-state index in [0.29, 0.717) is 43.6 Å². The minimum atomic E-state index is -0.231. The predicted molar refractivity (Wildman–Crippen MR) is 134 cm³/mol. The number of halogens is 1. The van der Waals surface area contributed by atoms with Crippen LogP contribution < -0.4 is 11.1 Å². The smallest absolute Gasteiger partial charge is 0.266 e. The third-order valence-electron chi connectivity index (χ3n) is 5.41. The predicted octanol–water partition coefficient (Wildman–Crippen LogP) is 5.18. The SMILES string of the molecule is Cc1ccc(C)c(-n2c(SCc3nc4cc(Cl)ccc4c(=O)[nH]3)nc3ccccc3c2=O)c1. The molecule has 3 aromatic carbocycles. The Morgan fingerprint density at radius 3 is 2.61 bits per heavy atom. The second-order valence-corrected chi connectivity index (χ2v) is 9.18. The van der Waals surface area contributed by atoms with E-state index in [-0.39, 0.29) is 11.1 Å². The number of fused-ring (bicyclic) bond motifs is 2. The van der Waals surface area contributed by atoms with E-state index in [1.165, 1.54) is 11.8 Å². The van der Waals surface area contributed by atoms with Crippen LogP contribution >= 0.6 is 23.4 Å². The summed E-state index contributed by atoms with van der Waals surface area (Å²) in [6, 6.07) is 18.3. The summed E-state index contributed by atoms with van der Waals surface area (Å²) < 4.78 is 1.64. The lowest BCUT2D eigenvalue weighted by Gasteiger charge is -2.15. The molecule has 2 heterocycles. The van der Waals surface area contributed by atoms with Crippen LogP contribution in [-0.2, 0) is 5.75 Å². The maximum absolute atomic E-state index is 13.5. The average molecular weight is 475 g/mol. The van der Waals surface area contributed by atoms with E-state index in [1.54, 1.807) is 28.8 Å². The molecule has 0 aliphatic rings. The first-order chi connectivity index (χ1) is 15.9. The lowest BCUT2D eigenvalue weighted by Crippen LogP contribution is -2.22. The Morgan fingerprint density at radius 2 is 1.76 bits per heavy atom. The molecule has 0 spiro atoms. The number of hydrogen-bond acceptors (Lipinski definition) is 5. The Kier molecular flexibility index (Phi) is 5.52. The van der Waals surface area contributed by atoms with Crippen LogP contribution in [0.4, 0.5) is 0 Å². The summed E-state index contributed by atoms with van der Waals surface area (Å²) in [7, 11) is 0. The molecular weight excluding hydrogens is 456 g/mol. The fourth-order valence-electron chi connectivity index (χ4n) is 3.74. The highest BCUT2D eigenvalue weighted by atomic mass is 35.5. The summed E-state index contributed by atoms with van der Waals surface area (Å²) in [5.41, 5.74) is 3.58. The van der Waals surface area contributed by atoms with Crippen molar-refractivity contribution in [3.05, 3.63) is 103 Å². The van der Waals surface area contributed by atoms with Gasteiger partial charge in [0.25, 0.3) is 11.1 Å². The zero-order chi connectivity index (χ0) is 23.1. The molecule has 6 nitrogen and oxygen atoms in total. The van der Waals surface area contributed by atoms with Crippen LogP contribution in [0.15, 0.2) is 75.4 Å². The van der Waals surface area contributed by atoms with Gasteiger partial charge in [0.05, 0.1) is 33.2 Å². The van der Waals surface area contributed by atoms with Crippen LogP contribution in [0.2, 0.25) is 5.02 Å². The van der Waals surface area contributed by atoms with Gasteiger partial charge in [-0.05, 0) is 61.4 Å². The van der Waals surface area contributed by atoms with E-state index in [1.807, 2.05) is 50.2 Å². The van der Waals surface area contributed by atoms with Crippen LogP contribution in [0.25, 0.3) is 27.5 Å². The fourth-order valence-corrected chi connectivity index (χ4v) is 4.79. The van der Waals surface area contributed by atoms with Crippen molar-refractivity contribution in [3.63, 3.8) is 0 Å². The van der Waals surface area contributed by atoms with E-state index in [9.17, 15) is 9.59 Å². The van der Waals surface area contributed by atoms with Crippen LogP contribution in [0.5, 0.6) is 0 Å². The molecule has 0 atom stereocenters. The molecule has 5 aromatic rings. The molecule has 0 saturated heterocycles. The monoisotopic (exact) mass is 474 g/mol. The molecule has 1 N–H and O–H groups in total. The first-order valence-electron chi connectivity index (χ1n) is 10.3. The zero-order valence-electron chi connectivity index (χ0n) is 17.9. The van der Waals surface area contributed by atoms with Crippen LogP contribution in [0.1, 0.15) is 17.0 Å². The summed E-state index contributed by atoms with van der Waals surface area (Å²) in [4.78, 5) is 38.2. The van der Waals surface area contributed by atoms with Crippen molar-refractivity contribution in [2.45, 2.75) is 24.8 Å². The first kappa shape index (κ1) is 21.4. The number of aromatic amines is 1. The molecule has 0 saturated carbocycles. The number of para-hydroxylation sites is 1. The topological polar surface area (TPSA) is 80.6 Å². The number of aromatic nitrogens is 4. The number of rotatable bonds is 4. The van der Waals surface area contributed by atoms with Crippen molar-refractivity contribution in [3.8, 4) is 5.69 Å². The molecule has 0 aliphatic carbocycles.